The highest BCUT2D eigenvalue weighted by Crippen LogP contribution is 2.21. The van der Waals surface area contributed by atoms with Gasteiger partial charge in [-0.25, -0.2) is 14.5 Å². The predicted octanol–water partition coefficient (Wildman–Crippen LogP) is -1.24. The maximum absolute atomic E-state index is 12.0. The van der Waals surface area contributed by atoms with Gasteiger partial charge in [-0.15, -0.1) is 5.10 Å². The fraction of sp³-hybridized carbons (Fsp3) is 0.273. The highest BCUT2D eigenvalue weighted by molar-refractivity contribution is 5.92. The van der Waals surface area contributed by atoms with E-state index in [1.165, 1.54) is 22.0 Å². The molecule has 108 valence electrons. The van der Waals surface area contributed by atoms with Gasteiger partial charge in [-0.3, -0.25) is 9.59 Å². The first-order chi connectivity index (χ1) is 10.0. The number of hydrogen-bond acceptors (Lipinski definition) is 6. The van der Waals surface area contributed by atoms with Gasteiger partial charge < -0.3 is 15.0 Å². The molecule has 2 aromatic heterocycles. The summed E-state index contributed by atoms with van der Waals surface area (Å²) in [6.45, 7) is 0.754. The van der Waals surface area contributed by atoms with E-state index in [-0.39, 0.29) is 28.9 Å². The van der Waals surface area contributed by atoms with Crippen molar-refractivity contribution in [2.45, 2.75) is 6.04 Å². The van der Waals surface area contributed by atoms with Gasteiger partial charge in [0.15, 0.2) is 5.69 Å². The number of carboxylic acid groups (broad SMARTS) is 1. The van der Waals surface area contributed by atoms with Gasteiger partial charge in [-0.2, -0.15) is 0 Å². The minimum Gasteiger partial charge on any atom is -0.476 e. The second kappa shape index (κ2) is 4.81. The van der Waals surface area contributed by atoms with Gasteiger partial charge in [0.05, 0.1) is 18.4 Å². The zero-order chi connectivity index (χ0) is 15.0. The Bertz CT molecular complexity index is 740. The lowest BCUT2D eigenvalue weighted by Gasteiger charge is -2.38. The van der Waals surface area contributed by atoms with Crippen molar-refractivity contribution < 1.29 is 14.7 Å². The number of aromatic amines is 1. The molecule has 10 heteroatoms. The van der Waals surface area contributed by atoms with Gasteiger partial charge in [0.25, 0.3) is 11.5 Å². The Kier molecular flexibility index (Phi) is 2.97. The van der Waals surface area contributed by atoms with Gasteiger partial charge in [-0.05, 0) is 0 Å². The van der Waals surface area contributed by atoms with Gasteiger partial charge in [0, 0.05) is 19.3 Å². The molecule has 0 aliphatic carbocycles. The van der Waals surface area contributed by atoms with Crippen LogP contribution in [0.1, 0.15) is 27.0 Å². The first-order valence-electron chi connectivity index (χ1n) is 6.04. The second-order valence-electron chi connectivity index (χ2n) is 4.55. The van der Waals surface area contributed by atoms with Gasteiger partial charge >= 0.3 is 5.97 Å². The van der Waals surface area contributed by atoms with Crippen molar-refractivity contribution in [3.8, 4) is 0 Å². The molecule has 1 fully saturated rings. The van der Waals surface area contributed by atoms with E-state index in [4.69, 9.17) is 5.11 Å². The molecule has 2 aromatic rings. The summed E-state index contributed by atoms with van der Waals surface area (Å²) in [5.74, 6) is -1.45. The summed E-state index contributed by atoms with van der Waals surface area (Å²) in [5.41, 5.74) is -0.364. The van der Waals surface area contributed by atoms with Crippen LogP contribution in [0.2, 0.25) is 0 Å². The Morgan fingerprint density at radius 3 is 2.67 bits per heavy atom. The van der Waals surface area contributed by atoms with Crippen molar-refractivity contribution >= 4 is 11.9 Å². The Morgan fingerprint density at radius 2 is 2.10 bits per heavy atom. The molecule has 0 spiro atoms. The number of aromatic nitrogens is 5. The summed E-state index contributed by atoms with van der Waals surface area (Å²) in [6, 6.07) is -0.114. The third-order valence-corrected chi connectivity index (χ3v) is 3.14. The van der Waals surface area contributed by atoms with Crippen LogP contribution in [0.3, 0.4) is 0 Å². The lowest BCUT2D eigenvalue weighted by atomic mass is 10.1. The van der Waals surface area contributed by atoms with Crippen LogP contribution in [0.15, 0.2) is 23.4 Å². The summed E-state index contributed by atoms with van der Waals surface area (Å²) < 4.78 is 1.42. The van der Waals surface area contributed by atoms with Crippen LogP contribution in [0, 0.1) is 0 Å². The Hall–Kier alpha value is -3.04. The summed E-state index contributed by atoms with van der Waals surface area (Å²) in [6.07, 6.45) is 3.63. The lowest BCUT2D eigenvalue weighted by molar-refractivity contribution is 0.0491. The molecule has 1 aliphatic heterocycles. The summed E-state index contributed by atoms with van der Waals surface area (Å²) >= 11 is 0. The standard InChI is InChI=1S/C11H10N6O4/c18-9-2-12-7(1-13-9)10(19)16-3-6(4-16)17-5-8(11(20)21)14-15-17/h1-2,5-6H,3-4H2,(H,13,18)(H,20,21). The Labute approximate surface area is 117 Å². The number of H-pyrrole nitrogens is 1. The summed E-state index contributed by atoms with van der Waals surface area (Å²) in [5, 5.41) is 16.0. The minimum atomic E-state index is -1.15. The molecule has 10 nitrogen and oxygen atoms in total. The van der Waals surface area contributed by atoms with E-state index in [0.29, 0.717) is 13.1 Å². The number of carbonyl (C=O) groups excluding carboxylic acids is 1. The molecule has 3 heterocycles. The number of nitrogens with one attached hydrogen (secondary N) is 1. The number of amides is 1. The molecule has 0 radical (unpaired) electrons. The van der Waals surface area contributed by atoms with E-state index in [1.807, 2.05) is 0 Å². The highest BCUT2D eigenvalue weighted by atomic mass is 16.4. The summed E-state index contributed by atoms with van der Waals surface area (Å²) in [4.78, 5) is 41.3. The number of carbonyl (C=O) groups is 2. The van der Waals surface area contributed by atoms with Crippen LogP contribution in [0.4, 0.5) is 0 Å². The van der Waals surface area contributed by atoms with Crippen LogP contribution in [-0.2, 0) is 0 Å². The molecule has 3 rings (SSSR count). The van der Waals surface area contributed by atoms with Gasteiger partial charge in [0.1, 0.15) is 5.69 Å². The fourth-order valence-electron chi connectivity index (χ4n) is 1.96. The number of likely N-dealkylation sites (tertiary alicyclic amines) is 1. The highest BCUT2D eigenvalue weighted by Gasteiger charge is 2.34. The Morgan fingerprint density at radius 1 is 1.33 bits per heavy atom. The monoisotopic (exact) mass is 290 g/mol. The normalized spacial score (nSPS) is 14.8. The van der Waals surface area contributed by atoms with Crippen LogP contribution in [0.5, 0.6) is 0 Å². The largest absolute Gasteiger partial charge is 0.476 e. The zero-order valence-electron chi connectivity index (χ0n) is 10.6. The molecule has 0 atom stereocenters. The molecular formula is C11H10N6O4. The summed E-state index contributed by atoms with van der Waals surface area (Å²) in [7, 11) is 0. The molecule has 0 bridgehead atoms. The first kappa shape index (κ1) is 13.0. The molecule has 0 saturated carbocycles. The molecule has 1 saturated heterocycles. The third-order valence-electron chi connectivity index (χ3n) is 3.14. The molecular weight excluding hydrogens is 280 g/mol. The molecule has 0 unspecified atom stereocenters. The average Bonchev–Trinajstić information content (AvgIpc) is 2.87. The van der Waals surface area contributed by atoms with Crippen molar-refractivity contribution in [3.63, 3.8) is 0 Å². The van der Waals surface area contributed by atoms with Crippen LogP contribution in [-0.4, -0.2) is 59.9 Å². The van der Waals surface area contributed by atoms with Crippen molar-refractivity contribution in [2.24, 2.45) is 0 Å². The topological polar surface area (TPSA) is 134 Å². The molecule has 2 N–H and O–H groups in total. The smallest absolute Gasteiger partial charge is 0.358 e. The third kappa shape index (κ3) is 2.38. The van der Waals surface area contributed by atoms with E-state index in [1.54, 1.807) is 0 Å². The molecule has 21 heavy (non-hydrogen) atoms. The van der Waals surface area contributed by atoms with E-state index in [0.717, 1.165) is 6.20 Å². The van der Waals surface area contributed by atoms with E-state index in [9.17, 15) is 14.4 Å². The maximum atomic E-state index is 12.0. The molecule has 1 aliphatic rings. The maximum Gasteiger partial charge on any atom is 0.358 e. The second-order valence-corrected chi connectivity index (χ2v) is 4.55. The van der Waals surface area contributed by atoms with E-state index < -0.39 is 5.97 Å². The number of carboxylic acids is 1. The lowest BCUT2D eigenvalue weighted by Crippen LogP contribution is -2.51. The van der Waals surface area contributed by atoms with E-state index >= 15 is 0 Å². The molecule has 1 amide bonds. The van der Waals surface area contributed by atoms with Crippen LogP contribution < -0.4 is 5.56 Å². The van der Waals surface area contributed by atoms with Crippen molar-refractivity contribution in [2.75, 3.05) is 13.1 Å². The fourth-order valence-corrected chi connectivity index (χ4v) is 1.96. The van der Waals surface area contributed by atoms with Crippen molar-refractivity contribution in [3.05, 3.63) is 40.3 Å². The number of nitrogens with zero attached hydrogens (tertiary/aromatic N) is 5. The SMILES string of the molecule is O=C(O)c1cn(C2CN(C(=O)c3c[nH]c(=O)cn3)C2)nn1. The minimum absolute atomic E-state index is 0.114. The van der Waals surface area contributed by atoms with Crippen molar-refractivity contribution in [1.82, 2.24) is 29.9 Å². The quantitative estimate of drug-likeness (QED) is 0.721. The zero-order valence-corrected chi connectivity index (χ0v) is 10.6. The van der Waals surface area contributed by atoms with Crippen LogP contribution >= 0.6 is 0 Å². The first-order valence-corrected chi connectivity index (χ1v) is 6.04. The average molecular weight is 290 g/mol. The van der Waals surface area contributed by atoms with Gasteiger partial charge in [-0.1, -0.05) is 5.21 Å². The van der Waals surface area contributed by atoms with Crippen molar-refractivity contribution in [1.29, 1.82) is 0 Å². The number of hydrogen-bond donors (Lipinski definition) is 2. The van der Waals surface area contributed by atoms with E-state index in [2.05, 4.69) is 20.3 Å². The van der Waals surface area contributed by atoms with Crippen LogP contribution in [0.25, 0.3) is 0 Å². The van der Waals surface area contributed by atoms with Gasteiger partial charge in [0.2, 0.25) is 0 Å². The Balaban J connectivity index is 1.64. The predicted molar refractivity (Wildman–Crippen MR) is 66.8 cm³/mol. The number of rotatable bonds is 3. The number of aromatic carboxylic acids is 1. The molecule has 0 aromatic carbocycles.